The van der Waals surface area contributed by atoms with Crippen molar-refractivity contribution in [1.29, 1.82) is 0 Å². The normalized spacial score (nSPS) is 11.4. The molecule has 25 heavy (non-hydrogen) atoms. The van der Waals surface area contributed by atoms with Crippen LogP contribution in [-0.2, 0) is 5.41 Å². The molecule has 132 valence electrons. The van der Waals surface area contributed by atoms with E-state index in [1.165, 1.54) is 0 Å². The number of hydrogen-bond donors (Lipinski definition) is 0. The maximum Gasteiger partial charge on any atom is 0.123 e. The molecule has 0 aromatic heterocycles. The summed E-state index contributed by atoms with van der Waals surface area (Å²) in [6.45, 7) is 8.19. The van der Waals surface area contributed by atoms with Crippen molar-refractivity contribution < 1.29 is 14.2 Å². The summed E-state index contributed by atoms with van der Waals surface area (Å²) in [5, 5.41) is 0. The fourth-order valence-electron chi connectivity index (χ4n) is 2.56. The number of methoxy groups -OCH3 is 3. The van der Waals surface area contributed by atoms with E-state index in [2.05, 4.69) is 32.6 Å². The zero-order valence-corrected chi connectivity index (χ0v) is 15.6. The molecule has 0 heterocycles. The molecule has 2 rings (SSSR count). The van der Waals surface area contributed by atoms with Crippen LogP contribution < -0.4 is 14.2 Å². The van der Waals surface area contributed by atoms with Gasteiger partial charge in [-0.3, -0.25) is 0 Å². The van der Waals surface area contributed by atoms with Crippen LogP contribution in [0.2, 0.25) is 0 Å². The molecule has 0 spiro atoms. The number of ether oxygens (including phenoxy) is 3. The van der Waals surface area contributed by atoms with Crippen LogP contribution in [0.5, 0.6) is 17.2 Å². The zero-order chi connectivity index (χ0) is 18.4. The van der Waals surface area contributed by atoms with Crippen LogP contribution in [0.15, 0.2) is 49.1 Å². The Balaban J connectivity index is 2.39. The molecular formula is C22H26O3. The number of hydrogen-bond acceptors (Lipinski definition) is 3. The summed E-state index contributed by atoms with van der Waals surface area (Å²) < 4.78 is 16.1. The minimum atomic E-state index is -0.172. The lowest BCUT2D eigenvalue weighted by Crippen LogP contribution is -2.14. The fourth-order valence-corrected chi connectivity index (χ4v) is 2.56. The van der Waals surface area contributed by atoms with Crippen molar-refractivity contribution in [2.24, 2.45) is 0 Å². The summed E-state index contributed by atoms with van der Waals surface area (Å²) in [7, 11) is 4.99. The highest BCUT2D eigenvalue weighted by molar-refractivity contribution is 5.72. The van der Waals surface area contributed by atoms with Gasteiger partial charge in [0.2, 0.25) is 0 Å². The molecule has 0 saturated heterocycles. The Morgan fingerprint density at radius 2 is 1.40 bits per heavy atom. The second-order valence-electron chi connectivity index (χ2n) is 6.36. The molecule has 0 bridgehead atoms. The number of allylic oxidation sites excluding steroid dienone is 1. The van der Waals surface area contributed by atoms with Crippen molar-refractivity contribution in [2.45, 2.75) is 19.3 Å². The van der Waals surface area contributed by atoms with Crippen molar-refractivity contribution in [3.8, 4) is 17.2 Å². The first-order valence-corrected chi connectivity index (χ1v) is 8.16. The summed E-state index contributed by atoms with van der Waals surface area (Å²) >= 11 is 0. The Kier molecular flexibility index (Phi) is 5.92. The average Bonchev–Trinajstić information content (AvgIpc) is 2.65. The van der Waals surface area contributed by atoms with Crippen molar-refractivity contribution in [3.05, 3.63) is 65.7 Å². The molecule has 0 amide bonds. The van der Waals surface area contributed by atoms with E-state index in [9.17, 15) is 0 Å². The molecule has 0 aliphatic rings. The summed E-state index contributed by atoms with van der Waals surface area (Å²) in [4.78, 5) is 0. The van der Waals surface area contributed by atoms with E-state index in [1.807, 2.05) is 42.5 Å². The van der Waals surface area contributed by atoms with Gasteiger partial charge in [0.05, 0.1) is 21.3 Å². The fraction of sp³-hybridized carbons (Fsp3) is 0.273. The van der Waals surface area contributed by atoms with Gasteiger partial charge in [-0.2, -0.15) is 0 Å². The zero-order valence-electron chi connectivity index (χ0n) is 15.6. The quantitative estimate of drug-likeness (QED) is 0.503. The van der Waals surface area contributed by atoms with Gasteiger partial charge in [0.25, 0.3) is 0 Å². The summed E-state index contributed by atoms with van der Waals surface area (Å²) in [5.41, 5.74) is 3.04. The van der Waals surface area contributed by atoms with Crippen molar-refractivity contribution in [2.75, 3.05) is 21.3 Å². The molecular weight excluding hydrogens is 312 g/mol. The highest BCUT2D eigenvalue weighted by atomic mass is 16.5. The Hall–Kier alpha value is -2.68. The van der Waals surface area contributed by atoms with Crippen molar-refractivity contribution in [3.63, 3.8) is 0 Å². The van der Waals surface area contributed by atoms with E-state index in [-0.39, 0.29) is 5.41 Å². The van der Waals surface area contributed by atoms with Gasteiger partial charge in [-0.15, -0.1) is 6.58 Å². The molecule has 0 N–H and O–H groups in total. The SMILES string of the molecule is C=CC(C)(C)c1cc(/C=C/c2cc(OC)cc(OC)c2)ccc1OC. The van der Waals surface area contributed by atoms with Gasteiger partial charge in [0.1, 0.15) is 17.2 Å². The molecule has 0 fully saturated rings. The Morgan fingerprint density at radius 1 is 0.800 bits per heavy atom. The van der Waals surface area contributed by atoms with Crippen LogP contribution in [0, 0.1) is 0 Å². The molecule has 0 saturated carbocycles. The van der Waals surface area contributed by atoms with E-state index >= 15 is 0 Å². The maximum atomic E-state index is 5.51. The van der Waals surface area contributed by atoms with Crippen LogP contribution in [0.3, 0.4) is 0 Å². The molecule has 3 nitrogen and oxygen atoms in total. The van der Waals surface area contributed by atoms with Gasteiger partial charge in [-0.1, -0.05) is 38.1 Å². The highest BCUT2D eigenvalue weighted by Crippen LogP contribution is 2.34. The minimum absolute atomic E-state index is 0.172. The largest absolute Gasteiger partial charge is 0.497 e. The van der Waals surface area contributed by atoms with Gasteiger partial charge < -0.3 is 14.2 Å². The van der Waals surface area contributed by atoms with Gasteiger partial charge in [-0.05, 0) is 35.4 Å². The lowest BCUT2D eigenvalue weighted by atomic mass is 9.83. The Labute approximate surface area is 150 Å². The standard InChI is InChI=1S/C22H26O3/c1-7-22(2,3)20-14-16(10-11-21(20)25-6)8-9-17-12-18(23-4)15-19(13-17)24-5/h7-15H,1H2,2-6H3/b9-8+. The molecule has 2 aromatic rings. The smallest absolute Gasteiger partial charge is 0.123 e. The van der Waals surface area contributed by atoms with Crippen LogP contribution in [0.25, 0.3) is 12.2 Å². The third-order valence-corrected chi connectivity index (χ3v) is 4.27. The molecule has 0 aliphatic heterocycles. The summed E-state index contributed by atoms with van der Waals surface area (Å²) in [6.07, 6.45) is 6.04. The topological polar surface area (TPSA) is 27.7 Å². The molecule has 0 radical (unpaired) electrons. The van der Waals surface area contributed by atoms with Crippen molar-refractivity contribution >= 4 is 12.2 Å². The predicted molar refractivity (Wildman–Crippen MR) is 105 cm³/mol. The highest BCUT2D eigenvalue weighted by Gasteiger charge is 2.20. The Bertz CT molecular complexity index is 751. The monoisotopic (exact) mass is 338 g/mol. The number of benzene rings is 2. The van der Waals surface area contributed by atoms with E-state index in [0.717, 1.165) is 33.9 Å². The first-order chi connectivity index (χ1) is 11.9. The second kappa shape index (κ2) is 7.93. The van der Waals surface area contributed by atoms with Gasteiger partial charge >= 0.3 is 0 Å². The predicted octanol–water partition coefficient (Wildman–Crippen LogP) is 5.35. The maximum absolute atomic E-state index is 5.51. The minimum Gasteiger partial charge on any atom is -0.497 e. The lowest BCUT2D eigenvalue weighted by molar-refractivity contribution is 0.394. The molecule has 3 heteroatoms. The van der Waals surface area contributed by atoms with Crippen molar-refractivity contribution in [1.82, 2.24) is 0 Å². The van der Waals surface area contributed by atoms with E-state index in [4.69, 9.17) is 14.2 Å². The molecule has 0 aliphatic carbocycles. The molecule has 0 atom stereocenters. The third-order valence-electron chi connectivity index (χ3n) is 4.27. The lowest BCUT2D eigenvalue weighted by Gasteiger charge is -2.23. The van der Waals surface area contributed by atoms with E-state index < -0.39 is 0 Å². The van der Waals surface area contributed by atoms with Crippen LogP contribution >= 0.6 is 0 Å². The summed E-state index contributed by atoms with van der Waals surface area (Å²) in [5.74, 6) is 2.40. The number of rotatable bonds is 7. The van der Waals surface area contributed by atoms with Crippen LogP contribution in [-0.4, -0.2) is 21.3 Å². The Morgan fingerprint density at radius 3 is 1.92 bits per heavy atom. The molecule has 0 unspecified atom stereocenters. The second-order valence-corrected chi connectivity index (χ2v) is 6.36. The van der Waals surface area contributed by atoms with E-state index in [0.29, 0.717) is 0 Å². The van der Waals surface area contributed by atoms with Crippen LogP contribution in [0.4, 0.5) is 0 Å². The molecule has 2 aromatic carbocycles. The van der Waals surface area contributed by atoms with Gasteiger partial charge in [0, 0.05) is 17.0 Å². The summed E-state index contributed by atoms with van der Waals surface area (Å²) in [6, 6.07) is 12.0. The van der Waals surface area contributed by atoms with Crippen LogP contribution in [0.1, 0.15) is 30.5 Å². The van der Waals surface area contributed by atoms with E-state index in [1.54, 1.807) is 21.3 Å². The first-order valence-electron chi connectivity index (χ1n) is 8.16. The van der Waals surface area contributed by atoms with Gasteiger partial charge in [-0.25, -0.2) is 0 Å². The first kappa shape index (κ1) is 18.7. The van der Waals surface area contributed by atoms with Gasteiger partial charge in [0.15, 0.2) is 0 Å². The third kappa shape index (κ3) is 4.44. The average molecular weight is 338 g/mol.